The number of aromatic hydroxyl groups is 2. The van der Waals surface area contributed by atoms with Crippen molar-refractivity contribution < 1.29 is 15.0 Å². The van der Waals surface area contributed by atoms with Crippen LogP contribution in [0, 0.1) is 0 Å². The lowest BCUT2D eigenvalue weighted by atomic mass is 9.79. The number of Topliss-reactive ketones (excluding diaryl/α,β-unsaturated/α-hetero) is 1. The largest absolute Gasteiger partial charge is 0.506 e. The number of halogens is 2. The molecule has 6 rings (SSSR count). The molecule has 212 valence electrons. The number of pyridine rings is 2. The van der Waals surface area contributed by atoms with Gasteiger partial charge in [0.15, 0.2) is 5.78 Å². The van der Waals surface area contributed by atoms with Gasteiger partial charge in [0, 0.05) is 12.4 Å². The summed E-state index contributed by atoms with van der Waals surface area (Å²) in [4.78, 5) is 25.1. The molecule has 4 heterocycles. The second-order valence-electron chi connectivity index (χ2n) is 10.1. The summed E-state index contributed by atoms with van der Waals surface area (Å²) in [5, 5.41) is 20.8. The van der Waals surface area contributed by atoms with Crippen LogP contribution in [0.5, 0.6) is 11.5 Å². The first-order valence-corrected chi connectivity index (χ1v) is 14.5. The minimum atomic E-state index is -0.827. The number of hydrogen-bond donors (Lipinski definition) is 2. The number of ketones is 1. The van der Waals surface area contributed by atoms with Crippen LogP contribution in [0.4, 0.5) is 0 Å². The van der Waals surface area contributed by atoms with Crippen molar-refractivity contribution in [1.29, 1.82) is 0 Å². The van der Waals surface area contributed by atoms with Crippen molar-refractivity contribution in [2.45, 2.75) is 38.5 Å². The van der Waals surface area contributed by atoms with Crippen molar-refractivity contribution in [3.63, 3.8) is 0 Å². The number of benzene rings is 2. The predicted octanol–water partition coefficient (Wildman–Crippen LogP) is 7.36. The Morgan fingerprint density at radius 1 is 0.714 bits per heavy atom. The number of carbonyl (C=O) groups excluding carboxylic acids is 1. The fourth-order valence-corrected chi connectivity index (χ4v) is 6.12. The monoisotopic (exact) mass is 598 g/mol. The van der Waals surface area contributed by atoms with E-state index in [2.05, 4.69) is 0 Å². The summed E-state index contributed by atoms with van der Waals surface area (Å²) in [5.41, 5.74) is 5.68. The molecule has 0 aliphatic heterocycles. The number of imidazole rings is 2. The Morgan fingerprint density at radius 3 is 1.52 bits per heavy atom. The maximum atomic E-state index is 15.4. The summed E-state index contributed by atoms with van der Waals surface area (Å²) in [6.45, 7) is 4.01. The average molecular weight is 600 g/mol. The van der Waals surface area contributed by atoms with Crippen LogP contribution in [0.2, 0.25) is 10.0 Å². The van der Waals surface area contributed by atoms with E-state index in [1.54, 1.807) is 24.3 Å². The van der Waals surface area contributed by atoms with Crippen LogP contribution in [-0.2, 0) is 17.6 Å². The van der Waals surface area contributed by atoms with Gasteiger partial charge >= 0.3 is 0 Å². The molecule has 0 saturated heterocycles. The Kier molecular flexibility index (Phi) is 7.39. The Hall–Kier alpha value is -4.33. The molecule has 0 bridgehead atoms. The first-order valence-electron chi connectivity index (χ1n) is 13.7. The second kappa shape index (κ2) is 11.2. The van der Waals surface area contributed by atoms with E-state index in [1.165, 1.54) is 12.1 Å². The molecular weight excluding hydrogens is 571 g/mol. The fourth-order valence-electron chi connectivity index (χ4n) is 5.74. The fraction of sp³-hybridized carbons (Fsp3) is 0.182. The van der Waals surface area contributed by atoms with Crippen molar-refractivity contribution in [3.05, 3.63) is 129 Å². The number of fused-ring (bicyclic) bond motifs is 2. The van der Waals surface area contributed by atoms with E-state index >= 15 is 4.79 Å². The maximum absolute atomic E-state index is 15.4. The first-order chi connectivity index (χ1) is 20.3. The summed E-state index contributed by atoms with van der Waals surface area (Å²) < 4.78 is 3.89. The normalized spacial score (nSPS) is 13.0. The molecule has 2 unspecified atom stereocenters. The molecule has 0 amide bonds. The number of phenolic OH excluding ortho intramolecular Hbond substituents is 2. The number of nitrogens with zero attached hydrogens (tertiary/aromatic N) is 4. The summed E-state index contributed by atoms with van der Waals surface area (Å²) >= 11 is 12.9. The zero-order chi connectivity index (χ0) is 29.5. The molecule has 6 aromatic rings. The zero-order valence-electron chi connectivity index (χ0n) is 23.0. The topological polar surface area (TPSA) is 92.1 Å². The van der Waals surface area contributed by atoms with Crippen LogP contribution in [0.3, 0.4) is 0 Å². The molecule has 4 aromatic heterocycles. The van der Waals surface area contributed by atoms with E-state index in [1.807, 2.05) is 71.4 Å². The number of aromatic nitrogens is 4. The molecule has 2 atom stereocenters. The molecule has 9 heteroatoms. The van der Waals surface area contributed by atoms with Crippen molar-refractivity contribution in [3.8, 4) is 11.5 Å². The van der Waals surface area contributed by atoms with Crippen molar-refractivity contribution in [2.24, 2.45) is 0 Å². The number of rotatable bonds is 8. The SMILES string of the molecule is CCc1nc2ccccn2c1C(C(=O)C(c1ccc(O)c(Cl)c1)c1c(CC)nc2ccccn12)c1ccc(O)c(Cl)c1. The third-order valence-corrected chi connectivity index (χ3v) is 8.29. The Balaban J connectivity index is 1.68. The van der Waals surface area contributed by atoms with Gasteiger partial charge in [-0.1, -0.05) is 61.3 Å². The van der Waals surface area contributed by atoms with Crippen molar-refractivity contribution in [2.75, 3.05) is 0 Å². The Labute approximate surface area is 252 Å². The van der Waals surface area contributed by atoms with Gasteiger partial charge in [-0.25, -0.2) is 9.97 Å². The molecule has 42 heavy (non-hydrogen) atoms. The highest BCUT2D eigenvalue weighted by Gasteiger charge is 2.38. The third-order valence-electron chi connectivity index (χ3n) is 7.68. The standard InChI is InChI=1S/C33H28Cl2N4O3/c1-3-23-31(38-15-7-5-9-27(38)36-23)29(19-11-13-25(40)21(34)17-19)33(42)30(20-12-14-26(41)22(35)18-20)32-24(4-2)37-28-10-6-8-16-39(28)32/h5-18,29-30,40-41H,3-4H2,1-2H3. The van der Waals surface area contributed by atoms with Gasteiger partial charge in [-0.05, 0) is 72.5 Å². The summed E-state index contributed by atoms with van der Waals surface area (Å²) in [6.07, 6.45) is 4.99. The summed E-state index contributed by atoms with van der Waals surface area (Å²) in [6, 6.07) is 21.2. The molecule has 0 radical (unpaired) electrons. The first kappa shape index (κ1) is 27.8. The molecular formula is C33H28Cl2N4O3. The van der Waals surface area contributed by atoms with Gasteiger partial charge in [-0.15, -0.1) is 0 Å². The van der Waals surface area contributed by atoms with Crippen LogP contribution in [0.25, 0.3) is 11.3 Å². The van der Waals surface area contributed by atoms with Gasteiger partial charge in [0.25, 0.3) is 0 Å². The Bertz CT molecular complexity index is 1820. The predicted molar refractivity (Wildman–Crippen MR) is 164 cm³/mol. The number of aryl methyl sites for hydroxylation is 2. The lowest BCUT2D eigenvalue weighted by Gasteiger charge is -2.25. The van der Waals surface area contributed by atoms with Crippen LogP contribution >= 0.6 is 23.2 Å². The molecule has 0 fully saturated rings. The van der Waals surface area contributed by atoms with E-state index in [4.69, 9.17) is 33.2 Å². The molecule has 2 N–H and O–H groups in total. The van der Waals surface area contributed by atoms with E-state index in [0.29, 0.717) is 24.0 Å². The molecule has 0 spiro atoms. The second-order valence-corrected chi connectivity index (χ2v) is 11.0. The van der Waals surface area contributed by atoms with E-state index < -0.39 is 11.8 Å². The maximum Gasteiger partial charge on any atom is 0.159 e. The zero-order valence-corrected chi connectivity index (χ0v) is 24.5. The van der Waals surface area contributed by atoms with Crippen LogP contribution in [0.1, 0.15) is 59.6 Å². The molecule has 0 aliphatic rings. The van der Waals surface area contributed by atoms with Gasteiger partial charge in [0.1, 0.15) is 22.8 Å². The Morgan fingerprint density at radius 2 is 1.14 bits per heavy atom. The lowest BCUT2D eigenvalue weighted by molar-refractivity contribution is -0.120. The molecule has 0 saturated carbocycles. The molecule has 0 aliphatic carbocycles. The minimum absolute atomic E-state index is 0.0719. The van der Waals surface area contributed by atoms with Crippen LogP contribution in [-0.4, -0.2) is 34.8 Å². The van der Waals surface area contributed by atoms with Crippen molar-refractivity contribution in [1.82, 2.24) is 18.8 Å². The van der Waals surface area contributed by atoms with Gasteiger partial charge in [-0.3, -0.25) is 4.79 Å². The summed E-state index contributed by atoms with van der Waals surface area (Å²) in [5.74, 6) is -1.95. The number of carbonyl (C=O) groups is 1. The van der Waals surface area contributed by atoms with Gasteiger partial charge < -0.3 is 19.0 Å². The van der Waals surface area contributed by atoms with Gasteiger partial charge in [-0.2, -0.15) is 0 Å². The average Bonchev–Trinajstić information content (AvgIpc) is 3.55. The van der Waals surface area contributed by atoms with E-state index in [9.17, 15) is 10.2 Å². The highest BCUT2D eigenvalue weighted by molar-refractivity contribution is 6.32. The van der Waals surface area contributed by atoms with Gasteiger partial charge in [0.2, 0.25) is 0 Å². The third kappa shape index (κ3) is 4.68. The number of hydrogen-bond acceptors (Lipinski definition) is 5. The van der Waals surface area contributed by atoms with E-state index in [-0.39, 0.29) is 27.3 Å². The van der Waals surface area contributed by atoms with Crippen LogP contribution < -0.4 is 0 Å². The highest BCUT2D eigenvalue weighted by Crippen LogP contribution is 2.41. The quantitative estimate of drug-likeness (QED) is 0.191. The minimum Gasteiger partial charge on any atom is -0.506 e. The summed E-state index contributed by atoms with van der Waals surface area (Å²) in [7, 11) is 0. The molecule has 2 aromatic carbocycles. The van der Waals surface area contributed by atoms with Gasteiger partial charge in [0.05, 0.1) is 44.7 Å². The smallest absolute Gasteiger partial charge is 0.159 e. The highest BCUT2D eigenvalue weighted by atomic mass is 35.5. The molecule has 7 nitrogen and oxygen atoms in total. The van der Waals surface area contributed by atoms with Crippen LogP contribution in [0.15, 0.2) is 85.2 Å². The number of phenols is 2. The van der Waals surface area contributed by atoms with Crippen molar-refractivity contribution >= 4 is 40.3 Å². The van der Waals surface area contributed by atoms with E-state index in [0.717, 1.165) is 34.1 Å². The lowest BCUT2D eigenvalue weighted by Crippen LogP contribution is -2.26.